The maximum atomic E-state index is 6.18. The van der Waals surface area contributed by atoms with Crippen LogP contribution in [0, 0.1) is 13.8 Å². The van der Waals surface area contributed by atoms with Gasteiger partial charge in [-0.05, 0) is 31.0 Å². The molecular formula is C15H20N2. The van der Waals surface area contributed by atoms with Crippen molar-refractivity contribution in [2.75, 3.05) is 5.73 Å². The summed E-state index contributed by atoms with van der Waals surface area (Å²) in [5.41, 5.74) is 11.5. The molecule has 0 unspecified atom stereocenters. The van der Waals surface area contributed by atoms with Gasteiger partial charge in [0.25, 0.3) is 0 Å². The number of pyridine rings is 1. The SMILES string of the molecule is Cc1ccc(C)c2c(N)cc(C(C)(C)C)nc12. The van der Waals surface area contributed by atoms with Crippen molar-refractivity contribution < 1.29 is 0 Å². The van der Waals surface area contributed by atoms with Crippen LogP contribution in [0.2, 0.25) is 0 Å². The Labute approximate surface area is 103 Å². The van der Waals surface area contributed by atoms with Crippen LogP contribution in [0.3, 0.4) is 0 Å². The van der Waals surface area contributed by atoms with Gasteiger partial charge in [0, 0.05) is 22.2 Å². The number of fused-ring (bicyclic) bond motifs is 1. The first kappa shape index (κ1) is 11.9. The van der Waals surface area contributed by atoms with Crippen LogP contribution in [-0.2, 0) is 5.41 Å². The molecule has 0 saturated carbocycles. The van der Waals surface area contributed by atoms with Gasteiger partial charge in [0.05, 0.1) is 5.52 Å². The van der Waals surface area contributed by atoms with E-state index in [9.17, 15) is 0 Å². The molecule has 0 bridgehead atoms. The summed E-state index contributed by atoms with van der Waals surface area (Å²) in [4.78, 5) is 4.79. The highest BCUT2D eigenvalue weighted by Gasteiger charge is 2.18. The van der Waals surface area contributed by atoms with Crippen LogP contribution < -0.4 is 5.73 Å². The van der Waals surface area contributed by atoms with E-state index in [1.165, 1.54) is 11.1 Å². The van der Waals surface area contributed by atoms with Crippen molar-refractivity contribution in [3.05, 3.63) is 35.0 Å². The largest absolute Gasteiger partial charge is 0.398 e. The highest BCUT2D eigenvalue weighted by Crippen LogP contribution is 2.30. The van der Waals surface area contributed by atoms with Crippen LogP contribution in [0.25, 0.3) is 10.9 Å². The maximum Gasteiger partial charge on any atom is 0.0758 e. The van der Waals surface area contributed by atoms with Crippen LogP contribution in [0.4, 0.5) is 5.69 Å². The predicted molar refractivity (Wildman–Crippen MR) is 74.3 cm³/mol. The van der Waals surface area contributed by atoms with E-state index in [-0.39, 0.29) is 5.41 Å². The van der Waals surface area contributed by atoms with E-state index in [1.807, 2.05) is 6.07 Å². The number of nitrogens with two attached hydrogens (primary N) is 1. The lowest BCUT2D eigenvalue weighted by Crippen LogP contribution is -2.14. The lowest BCUT2D eigenvalue weighted by atomic mass is 9.90. The molecule has 2 heteroatoms. The number of hydrogen-bond donors (Lipinski definition) is 1. The van der Waals surface area contributed by atoms with E-state index >= 15 is 0 Å². The molecule has 0 spiro atoms. The molecule has 1 heterocycles. The molecule has 0 fully saturated rings. The van der Waals surface area contributed by atoms with Crippen LogP contribution in [0.1, 0.15) is 37.6 Å². The molecule has 90 valence electrons. The van der Waals surface area contributed by atoms with Gasteiger partial charge in [-0.25, -0.2) is 0 Å². The summed E-state index contributed by atoms with van der Waals surface area (Å²) in [6.07, 6.45) is 0. The Kier molecular flexibility index (Phi) is 2.61. The highest BCUT2D eigenvalue weighted by molar-refractivity contribution is 5.95. The smallest absolute Gasteiger partial charge is 0.0758 e. The first-order chi connectivity index (χ1) is 7.80. The van der Waals surface area contributed by atoms with E-state index in [0.29, 0.717) is 0 Å². The zero-order chi connectivity index (χ0) is 12.8. The van der Waals surface area contributed by atoms with Crippen molar-refractivity contribution >= 4 is 16.6 Å². The molecule has 2 nitrogen and oxygen atoms in total. The number of benzene rings is 1. The van der Waals surface area contributed by atoms with Crippen molar-refractivity contribution in [1.82, 2.24) is 4.98 Å². The number of nitrogen functional groups attached to an aromatic ring is 1. The molecular weight excluding hydrogens is 208 g/mol. The van der Waals surface area contributed by atoms with Crippen LogP contribution >= 0.6 is 0 Å². The number of hydrogen-bond acceptors (Lipinski definition) is 2. The second-order valence-corrected chi connectivity index (χ2v) is 5.77. The van der Waals surface area contributed by atoms with Gasteiger partial charge in [-0.15, -0.1) is 0 Å². The average Bonchev–Trinajstić information content (AvgIpc) is 2.21. The summed E-state index contributed by atoms with van der Waals surface area (Å²) < 4.78 is 0. The van der Waals surface area contributed by atoms with Gasteiger partial charge in [0.15, 0.2) is 0 Å². The van der Waals surface area contributed by atoms with Crippen molar-refractivity contribution in [2.45, 2.75) is 40.0 Å². The number of aryl methyl sites for hydroxylation is 2. The van der Waals surface area contributed by atoms with Crippen LogP contribution in [0.5, 0.6) is 0 Å². The number of aromatic nitrogens is 1. The van der Waals surface area contributed by atoms with E-state index in [1.54, 1.807) is 0 Å². The zero-order valence-corrected chi connectivity index (χ0v) is 11.3. The van der Waals surface area contributed by atoms with Crippen molar-refractivity contribution in [3.63, 3.8) is 0 Å². The molecule has 0 aliphatic rings. The van der Waals surface area contributed by atoms with Gasteiger partial charge in [-0.3, -0.25) is 4.98 Å². The average molecular weight is 228 g/mol. The molecule has 2 rings (SSSR count). The topological polar surface area (TPSA) is 38.9 Å². The third-order valence-electron chi connectivity index (χ3n) is 3.17. The second kappa shape index (κ2) is 3.73. The van der Waals surface area contributed by atoms with Gasteiger partial charge in [0.2, 0.25) is 0 Å². The summed E-state index contributed by atoms with van der Waals surface area (Å²) in [6.45, 7) is 10.6. The molecule has 0 amide bonds. The molecule has 0 saturated heterocycles. The maximum absolute atomic E-state index is 6.18. The third-order valence-corrected chi connectivity index (χ3v) is 3.17. The Morgan fingerprint density at radius 3 is 2.24 bits per heavy atom. The Morgan fingerprint density at radius 1 is 1.06 bits per heavy atom. The molecule has 0 aliphatic heterocycles. The molecule has 0 atom stereocenters. The van der Waals surface area contributed by atoms with E-state index < -0.39 is 0 Å². The normalized spacial score (nSPS) is 12.1. The fraction of sp³-hybridized carbons (Fsp3) is 0.400. The molecule has 1 aromatic carbocycles. The lowest BCUT2D eigenvalue weighted by molar-refractivity contribution is 0.572. The van der Waals surface area contributed by atoms with E-state index in [0.717, 1.165) is 22.3 Å². The Balaban J connectivity index is 2.87. The summed E-state index contributed by atoms with van der Waals surface area (Å²) in [5, 5.41) is 1.10. The highest BCUT2D eigenvalue weighted by atomic mass is 14.7. The van der Waals surface area contributed by atoms with Gasteiger partial charge in [0.1, 0.15) is 0 Å². The zero-order valence-electron chi connectivity index (χ0n) is 11.3. The van der Waals surface area contributed by atoms with Gasteiger partial charge in [-0.1, -0.05) is 32.9 Å². The van der Waals surface area contributed by atoms with E-state index in [2.05, 4.69) is 46.8 Å². The van der Waals surface area contributed by atoms with Gasteiger partial charge in [-0.2, -0.15) is 0 Å². The Bertz CT molecular complexity index is 577. The quantitative estimate of drug-likeness (QED) is 0.746. The van der Waals surface area contributed by atoms with Crippen molar-refractivity contribution in [3.8, 4) is 0 Å². The molecule has 17 heavy (non-hydrogen) atoms. The summed E-state index contributed by atoms with van der Waals surface area (Å²) in [6, 6.07) is 6.22. The summed E-state index contributed by atoms with van der Waals surface area (Å²) >= 11 is 0. The second-order valence-electron chi connectivity index (χ2n) is 5.77. The summed E-state index contributed by atoms with van der Waals surface area (Å²) in [5.74, 6) is 0. The van der Waals surface area contributed by atoms with Gasteiger partial charge < -0.3 is 5.73 Å². The number of nitrogens with zero attached hydrogens (tertiary/aromatic N) is 1. The first-order valence-electron chi connectivity index (χ1n) is 5.97. The predicted octanol–water partition coefficient (Wildman–Crippen LogP) is 3.73. The third kappa shape index (κ3) is 1.99. The lowest BCUT2D eigenvalue weighted by Gasteiger charge is -2.20. The van der Waals surface area contributed by atoms with Gasteiger partial charge >= 0.3 is 0 Å². The molecule has 2 aromatic rings. The molecule has 0 radical (unpaired) electrons. The first-order valence-corrected chi connectivity index (χ1v) is 5.97. The minimum atomic E-state index is 0.0263. The number of anilines is 1. The van der Waals surface area contributed by atoms with E-state index in [4.69, 9.17) is 10.7 Å². The minimum Gasteiger partial charge on any atom is -0.398 e. The van der Waals surface area contributed by atoms with Crippen molar-refractivity contribution in [2.24, 2.45) is 0 Å². The molecule has 0 aliphatic carbocycles. The Morgan fingerprint density at radius 2 is 1.65 bits per heavy atom. The summed E-state index contributed by atoms with van der Waals surface area (Å²) in [7, 11) is 0. The Hall–Kier alpha value is -1.57. The van der Waals surface area contributed by atoms with Crippen molar-refractivity contribution in [1.29, 1.82) is 0 Å². The molecule has 2 N–H and O–H groups in total. The number of rotatable bonds is 0. The minimum absolute atomic E-state index is 0.0263. The van der Waals surface area contributed by atoms with Crippen LogP contribution in [0.15, 0.2) is 18.2 Å². The standard InChI is InChI=1S/C15H20N2/c1-9-6-7-10(2)14-13(9)11(16)8-12(17-14)15(3,4)5/h6-8H,1-5H3,(H2,16,17). The van der Waals surface area contributed by atoms with Crippen LogP contribution in [-0.4, -0.2) is 4.98 Å². The fourth-order valence-electron chi connectivity index (χ4n) is 2.06. The monoisotopic (exact) mass is 228 g/mol. The molecule has 1 aromatic heterocycles. The fourth-order valence-corrected chi connectivity index (χ4v) is 2.06.